The van der Waals surface area contributed by atoms with Crippen LogP contribution in [0, 0.1) is 0 Å². The van der Waals surface area contributed by atoms with Crippen molar-refractivity contribution in [3.05, 3.63) is 0 Å². The zero-order chi connectivity index (χ0) is 12.4. The lowest BCUT2D eigenvalue weighted by Gasteiger charge is -2.42. The fraction of sp³-hybridized carbons (Fsp3) is 1.00. The molecule has 2 unspecified atom stereocenters. The Kier molecular flexibility index (Phi) is 4.35. The summed E-state index contributed by atoms with van der Waals surface area (Å²) < 4.78 is 5.68. The van der Waals surface area contributed by atoms with Gasteiger partial charge in [0.2, 0.25) is 0 Å². The quantitative estimate of drug-likeness (QED) is 0.742. The molecule has 0 radical (unpaired) electrons. The minimum absolute atomic E-state index is 0.0328. The van der Waals surface area contributed by atoms with E-state index >= 15 is 0 Å². The highest BCUT2D eigenvalue weighted by molar-refractivity contribution is 4.87. The molecule has 1 fully saturated rings. The van der Waals surface area contributed by atoms with E-state index in [2.05, 4.69) is 25.7 Å². The van der Waals surface area contributed by atoms with Crippen LogP contribution in [-0.4, -0.2) is 53.5 Å². The number of hydrogen-bond acceptors (Lipinski definition) is 4. The van der Waals surface area contributed by atoms with Gasteiger partial charge in [0.05, 0.1) is 18.8 Å². The normalized spacial score (nSPS) is 27.4. The highest BCUT2D eigenvalue weighted by Gasteiger charge is 2.32. The molecule has 1 heterocycles. The first-order chi connectivity index (χ1) is 7.26. The molecule has 3 N–H and O–H groups in total. The molecular formula is C12H26N2O2. The third-order valence-corrected chi connectivity index (χ3v) is 3.20. The molecule has 96 valence electrons. The van der Waals surface area contributed by atoms with Crippen LogP contribution in [0.25, 0.3) is 0 Å². The van der Waals surface area contributed by atoms with Gasteiger partial charge in [-0.05, 0) is 34.1 Å². The molecule has 0 spiro atoms. The summed E-state index contributed by atoms with van der Waals surface area (Å²) in [7, 11) is 0. The van der Waals surface area contributed by atoms with Gasteiger partial charge in [0.1, 0.15) is 0 Å². The van der Waals surface area contributed by atoms with Gasteiger partial charge in [-0.25, -0.2) is 0 Å². The number of aliphatic hydroxyl groups is 1. The van der Waals surface area contributed by atoms with E-state index in [-0.39, 0.29) is 12.2 Å². The Morgan fingerprint density at radius 3 is 2.69 bits per heavy atom. The Morgan fingerprint density at radius 1 is 1.56 bits per heavy atom. The van der Waals surface area contributed by atoms with Crippen molar-refractivity contribution in [1.82, 2.24) is 4.90 Å². The second kappa shape index (κ2) is 5.00. The third kappa shape index (κ3) is 4.01. The zero-order valence-corrected chi connectivity index (χ0v) is 11.0. The Bertz CT molecular complexity index is 229. The van der Waals surface area contributed by atoms with Crippen molar-refractivity contribution in [2.24, 2.45) is 5.73 Å². The summed E-state index contributed by atoms with van der Waals surface area (Å²) in [5.41, 5.74) is 5.43. The second-order valence-electron chi connectivity index (χ2n) is 5.94. The minimum atomic E-state index is -0.484. The van der Waals surface area contributed by atoms with Crippen LogP contribution in [0.4, 0.5) is 0 Å². The van der Waals surface area contributed by atoms with Crippen LogP contribution in [0.2, 0.25) is 0 Å². The van der Waals surface area contributed by atoms with Crippen molar-refractivity contribution in [3.63, 3.8) is 0 Å². The summed E-state index contributed by atoms with van der Waals surface area (Å²) in [4.78, 5) is 2.39. The lowest BCUT2D eigenvalue weighted by Crippen LogP contribution is -2.54. The zero-order valence-electron chi connectivity index (χ0n) is 11.0. The van der Waals surface area contributed by atoms with Gasteiger partial charge >= 0.3 is 0 Å². The van der Waals surface area contributed by atoms with Crippen LogP contribution in [-0.2, 0) is 4.74 Å². The SMILES string of the molecule is CC(CC(C)(N)CO)N1CCOC(C)(C)C1. The van der Waals surface area contributed by atoms with Crippen molar-refractivity contribution in [2.75, 3.05) is 26.3 Å². The molecule has 0 aromatic heterocycles. The van der Waals surface area contributed by atoms with Gasteiger partial charge in [0.15, 0.2) is 0 Å². The average Bonchev–Trinajstić information content (AvgIpc) is 2.15. The van der Waals surface area contributed by atoms with Crippen LogP contribution >= 0.6 is 0 Å². The molecule has 0 aromatic rings. The molecule has 1 aliphatic heterocycles. The Labute approximate surface area is 98.8 Å². The van der Waals surface area contributed by atoms with Crippen LogP contribution in [0.5, 0.6) is 0 Å². The standard InChI is InChI=1S/C12H26N2O2/c1-10(7-12(4,13)9-15)14-5-6-16-11(2,3)8-14/h10,15H,5-9,13H2,1-4H3. The summed E-state index contributed by atoms with van der Waals surface area (Å²) in [6.07, 6.45) is 0.805. The van der Waals surface area contributed by atoms with Crippen molar-refractivity contribution in [1.29, 1.82) is 0 Å². The van der Waals surface area contributed by atoms with E-state index in [0.29, 0.717) is 6.04 Å². The predicted octanol–water partition coefficient (Wildman–Crippen LogP) is 0.586. The molecule has 1 saturated heterocycles. The maximum Gasteiger partial charge on any atom is 0.0753 e. The van der Waals surface area contributed by atoms with Crippen molar-refractivity contribution in [2.45, 2.75) is 51.3 Å². The number of ether oxygens (including phenoxy) is 1. The number of morpholine rings is 1. The monoisotopic (exact) mass is 230 g/mol. The number of aliphatic hydroxyl groups excluding tert-OH is 1. The average molecular weight is 230 g/mol. The molecule has 1 rings (SSSR count). The fourth-order valence-electron chi connectivity index (χ4n) is 2.30. The van der Waals surface area contributed by atoms with E-state index in [9.17, 15) is 5.11 Å². The molecule has 1 aliphatic rings. The van der Waals surface area contributed by atoms with E-state index in [1.54, 1.807) is 0 Å². The first kappa shape index (κ1) is 13.9. The number of nitrogens with zero attached hydrogens (tertiary/aromatic N) is 1. The minimum Gasteiger partial charge on any atom is -0.394 e. The summed E-state index contributed by atoms with van der Waals surface area (Å²) >= 11 is 0. The molecule has 2 atom stereocenters. The smallest absolute Gasteiger partial charge is 0.0753 e. The van der Waals surface area contributed by atoms with Crippen LogP contribution in [0.15, 0.2) is 0 Å². The van der Waals surface area contributed by atoms with Gasteiger partial charge in [0, 0.05) is 24.7 Å². The first-order valence-electron chi connectivity index (χ1n) is 6.03. The Hall–Kier alpha value is -0.160. The van der Waals surface area contributed by atoms with E-state index in [0.717, 1.165) is 26.1 Å². The maximum atomic E-state index is 9.18. The molecule has 0 saturated carbocycles. The molecule has 0 aromatic carbocycles. The summed E-state index contributed by atoms with van der Waals surface area (Å²) in [5.74, 6) is 0. The molecule has 0 aliphatic carbocycles. The van der Waals surface area contributed by atoms with E-state index in [4.69, 9.17) is 10.5 Å². The Balaban J connectivity index is 2.51. The van der Waals surface area contributed by atoms with E-state index < -0.39 is 5.54 Å². The summed E-state index contributed by atoms with van der Waals surface area (Å²) in [5, 5.41) is 9.18. The number of rotatable bonds is 4. The van der Waals surface area contributed by atoms with Crippen LogP contribution in [0.1, 0.15) is 34.1 Å². The second-order valence-corrected chi connectivity index (χ2v) is 5.94. The third-order valence-electron chi connectivity index (χ3n) is 3.20. The molecule has 0 amide bonds. The molecule has 0 bridgehead atoms. The summed E-state index contributed by atoms with van der Waals surface area (Å²) in [6, 6.07) is 0.380. The van der Waals surface area contributed by atoms with Gasteiger partial charge in [-0.2, -0.15) is 0 Å². The largest absolute Gasteiger partial charge is 0.394 e. The highest BCUT2D eigenvalue weighted by Crippen LogP contribution is 2.21. The molecular weight excluding hydrogens is 204 g/mol. The summed E-state index contributed by atoms with van der Waals surface area (Å²) in [6.45, 7) is 11.0. The first-order valence-corrected chi connectivity index (χ1v) is 6.03. The highest BCUT2D eigenvalue weighted by atomic mass is 16.5. The van der Waals surface area contributed by atoms with Gasteiger partial charge in [-0.3, -0.25) is 4.90 Å². The van der Waals surface area contributed by atoms with Crippen LogP contribution < -0.4 is 5.73 Å². The van der Waals surface area contributed by atoms with Gasteiger partial charge in [0.25, 0.3) is 0 Å². The lowest BCUT2D eigenvalue weighted by atomic mass is 9.94. The van der Waals surface area contributed by atoms with Gasteiger partial charge in [-0.1, -0.05) is 0 Å². The topological polar surface area (TPSA) is 58.7 Å². The Morgan fingerprint density at radius 2 is 2.19 bits per heavy atom. The van der Waals surface area contributed by atoms with Crippen LogP contribution in [0.3, 0.4) is 0 Å². The van der Waals surface area contributed by atoms with Crippen molar-refractivity contribution < 1.29 is 9.84 Å². The lowest BCUT2D eigenvalue weighted by molar-refractivity contribution is -0.0978. The predicted molar refractivity (Wildman–Crippen MR) is 65.4 cm³/mol. The van der Waals surface area contributed by atoms with Crippen molar-refractivity contribution in [3.8, 4) is 0 Å². The van der Waals surface area contributed by atoms with Crippen molar-refractivity contribution >= 4 is 0 Å². The molecule has 4 nitrogen and oxygen atoms in total. The van der Waals surface area contributed by atoms with Gasteiger partial charge in [-0.15, -0.1) is 0 Å². The maximum absolute atomic E-state index is 9.18. The van der Waals surface area contributed by atoms with E-state index in [1.807, 2.05) is 6.92 Å². The fourth-order valence-corrected chi connectivity index (χ4v) is 2.30. The van der Waals surface area contributed by atoms with Gasteiger partial charge < -0.3 is 15.6 Å². The molecule has 4 heteroatoms. The number of hydrogen-bond donors (Lipinski definition) is 2. The number of nitrogens with two attached hydrogens (primary N) is 1. The van der Waals surface area contributed by atoms with E-state index in [1.165, 1.54) is 0 Å². The molecule has 16 heavy (non-hydrogen) atoms.